The Balaban J connectivity index is 4.25. The highest BCUT2D eigenvalue weighted by atomic mass is 16.5. The zero-order valence-corrected chi connectivity index (χ0v) is 9.20. The van der Waals surface area contributed by atoms with Crippen LogP contribution in [0, 0.1) is 11.8 Å². The highest BCUT2D eigenvalue weighted by Crippen LogP contribution is 2.17. The van der Waals surface area contributed by atoms with E-state index >= 15 is 0 Å². The first-order valence-corrected chi connectivity index (χ1v) is 4.70. The number of hydrogen-bond acceptors (Lipinski definition) is 2. The number of hydrogen-bond donors (Lipinski definition) is 0. The zero-order chi connectivity index (χ0) is 10.4. The lowest BCUT2D eigenvalue weighted by Crippen LogP contribution is -2.22. The van der Waals surface area contributed by atoms with Gasteiger partial charge in [0.15, 0.2) is 5.78 Å². The van der Waals surface area contributed by atoms with Gasteiger partial charge in [-0.3, -0.25) is 4.79 Å². The van der Waals surface area contributed by atoms with Crippen molar-refractivity contribution in [2.75, 3.05) is 7.11 Å². The number of carbonyl (C=O) groups excluding carboxylic acids is 1. The second-order valence-corrected chi connectivity index (χ2v) is 3.77. The van der Waals surface area contributed by atoms with Gasteiger partial charge < -0.3 is 4.74 Å². The van der Waals surface area contributed by atoms with Crippen LogP contribution in [0.15, 0.2) is 12.2 Å². The van der Waals surface area contributed by atoms with Gasteiger partial charge in [-0.25, -0.2) is 0 Å². The molecule has 2 atom stereocenters. The summed E-state index contributed by atoms with van der Waals surface area (Å²) >= 11 is 0. The van der Waals surface area contributed by atoms with E-state index in [0.29, 0.717) is 11.8 Å². The lowest BCUT2D eigenvalue weighted by atomic mass is 9.92. The van der Waals surface area contributed by atoms with Gasteiger partial charge in [0.05, 0.1) is 6.10 Å². The summed E-state index contributed by atoms with van der Waals surface area (Å²) in [5.41, 5.74) is 0. The Labute approximate surface area is 81.0 Å². The molecule has 13 heavy (non-hydrogen) atoms. The van der Waals surface area contributed by atoms with Crippen molar-refractivity contribution in [1.82, 2.24) is 0 Å². The van der Waals surface area contributed by atoms with Crippen molar-refractivity contribution in [3.05, 3.63) is 12.2 Å². The Hall–Kier alpha value is -0.630. The van der Waals surface area contributed by atoms with Crippen molar-refractivity contribution in [2.24, 2.45) is 11.8 Å². The number of rotatable bonds is 5. The van der Waals surface area contributed by atoms with Crippen LogP contribution < -0.4 is 0 Å². The van der Waals surface area contributed by atoms with Gasteiger partial charge >= 0.3 is 0 Å². The second-order valence-electron chi connectivity index (χ2n) is 3.77. The highest BCUT2D eigenvalue weighted by molar-refractivity contribution is 5.87. The van der Waals surface area contributed by atoms with Crippen LogP contribution in [0.25, 0.3) is 0 Å². The van der Waals surface area contributed by atoms with E-state index in [1.165, 1.54) is 0 Å². The highest BCUT2D eigenvalue weighted by Gasteiger charge is 2.16. The molecule has 0 spiro atoms. The number of methoxy groups -OCH3 is 1. The van der Waals surface area contributed by atoms with E-state index < -0.39 is 0 Å². The quantitative estimate of drug-likeness (QED) is 0.613. The lowest BCUT2D eigenvalue weighted by molar-refractivity contribution is -0.112. The summed E-state index contributed by atoms with van der Waals surface area (Å²) in [6.07, 6.45) is 3.46. The number of carbonyl (C=O) groups is 1. The predicted octanol–water partition coefficient (Wildman–Crippen LogP) is 2.44. The molecule has 0 radical (unpaired) electrons. The van der Waals surface area contributed by atoms with Crippen LogP contribution in [0.5, 0.6) is 0 Å². The third-order valence-corrected chi connectivity index (χ3v) is 2.36. The molecule has 0 aliphatic heterocycles. The van der Waals surface area contributed by atoms with Gasteiger partial charge in [-0.1, -0.05) is 26.8 Å². The van der Waals surface area contributed by atoms with E-state index in [4.69, 9.17) is 4.74 Å². The smallest absolute Gasteiger partial charge is 0.152 e. The van der Waals surface area contributed by atoms with Gasteiger partial charge in [0.1, 0.15) is 0 Å². The molecule has 0 amide bonds. The molecule has 0 fully saturated rings. The van der Waals surface area contributed by atoms with Crippen LogP contribution >= 0.6 is 0 Å². The standard InChI is InChI=1S/C11H20O2/c1-8(2)10(4)11(13-5)7-6-9(3)12/h6-8,10-11H,1-5H3. The van der Waals surface area contributed by atoms with Crippen LogP contribution in [0.2, 0.25) is 0 Å². The maximum atomic E-state index is 10.7. The minimum atomic E-state index is 0.0453. The summed E-state index contributed by atoms with van der Waals surface area (Å²) in [6, 6.07) is 0. The Morgan fingerprint density at radius 1 is 1.31 bits per heavy atom. The summed E-state index contributed by atoms with van der Waals surface area (Å²) in [6.45, 7) is 7.98. The van der Waals surface area contributed by atoms with Gasteiger partial charge in [0, 0.05) is 7.11 Å². The van der Waals surface area contributed by atoms with Crippen LogP contribution in [0.3, 0.4) is 0 Å². The lowest BCUT2D eigenvalue weighted by Gasteiger charge is -2.22. The molecule has 76 valence electrons. The predicted molar refractivity (Wildman–Crippen MR) is 54.6 cm³/mol. The molecule has 0 aliphatic carbocycles. The van der Waals surface area contributed by atoms with Crippen molar-refractivity contribution < 1.29 is 9.53 Å². The molecule has 0 aromatic carbocycles. The Morgan fingerprint density at radius 3 is 2.15 bits per heavy atom. The summed E-state index contributed by atoms with van der Waals surface area (Å²) in [5, 5.41) is 0. The van der Waals surface area contributed by atoms with Gasteiger partial charge in [-0.2, -0.15) is 0 Å². The average Bonchev–Trinajstić information content (AvgIpc) is 2.04. The number of ketones is 1. The molecule has 0 heterocycles. The van der Waals surface area contributed by atoms with E-state index in [9.17, 15) is 4.79 Å². The third-order valence-electron chi connectivity index (χ3n) is 2.36. The van der Waals surface area contributed by atoms with E-state index in [1.54, 1.807) is 20.1 Å². The first kappa shape index (κ1) is 12.4. The minimum absolute atomic E-state index is 0.0453. The molecule has 0 bridgehead atoms. The molecule has 0 aromatic rings. The molecule has 2 unspecified atom stereocenters. The average molecular weight is 184 g/mol. The number of ether oxygens (including phenoxy) is 1. The molecule has 0 N–H and O–H groups in total. The molecule has 0 aromatic heterocycles. The van der Waals surface area contributed by atoms with Gasteiger partial charge in [-0.05, 0) is 24.8 Å². The first-order valence-electron chi connectivity index (χ1n) is 4.70. The largest absolute Gasteiger partial charge is 0.377 e. The topological polar surface area (TPSA) is 26.3 Å². The molecule has 0 aliphatic rings. The Kier molecular flexibility index (Phi) is 5.63. The molecular weight excluding hydrogens is 164 g/mol. The molecule has 2 heteroatoms. The monoisotopic (exact) mass is 184 g/mol. The molecular formula is C11H20O2. The molecule has 2 nitrogen and oxygen atoms in total. The van der Waals surface area contributed by atoms with Crippen molar-refractivity contribution in [3.8, 4) is 0 Å². The van der Waals surface area contributed by atoms with E-state index in [-0.39, 0.29) is 11.9 Å². The van der Waals surface area contributed by atoms with Gasteiger partial charge in [-0.15, -0.1) is 0 Å². The van der Waals surface area contributed by atoms with Crippen LogP contribution in [0.1, 0.15) is 27.7 Å². The van der Waals surface area contributed by atoms with Gasteiger partial charge in [0.25, 0.3) is 0 Å². The normalized spacial score (nSPS) is 16.5. The second kappa shape index (κ2) is 5.92. The van der Waals surface area contributed by atoms with E-state index in [2.05, 4.69) is 20.8 Å². The molecule has 0 rings (SSSR count). The van der Waals surface area contributed by atoms with Crippen LogP contribution in [-0.2, 0) is 9.53 Å². The summed E-state index contributed by atoms with van der Waals surface area (Å²) < 4.78 is 5.28. The van der Waals surface area contributed by atoms with E-state index in [0.717, 1.165) is 0 Å². The maximum Gasteiger partial charge on any atom is 0.152 e. The summed E-state index contributed by atoms with van der Waals surface area (Å²) in [7, 11) is 1.67. The summed E-state index contributed by atoms with van der Waals surface area (Å²) in [5.74, 6) is 1.06. The van der Waals surface area contributed by atoms with Gasteiger partial charge in [0.2, 0.25) is 0 Å². The van der Waals surface area contributed by atoms with Crippen molar-refractivity contribution in [3.63, 3.8) is 0 Å². The minimum Gasteiger partial charge on any atom is -0.377 e. The van der Waals surface area contributed by atoms with E-state index in [1.807, 2.05) is 6.08 Å². The van der Waals surface area contributed by atoms with Crippen LogP contribution in [0.4, 0.5) is 0 Å². The Morgan fingerprint density at radius 2 is 1.85 bits per heavy atom. The van der Waals surface area contributed by atoms with Crippen molar-refractivity contribution in [1.29, 1.82) is 0 Å². The number of allylic oxidation sites excluding steroid dienone is 1. The summed E-state index contributed by atoms with van der Waals surface area (Å²) in [4.78, 5) is 10.7. The van der Waals surface area contributed by atoms with Crippen molar-refractivity contribution in [2.45, 2.75) is 33.8 Å². The Bertz CT molecular complexity index is 183. The van der Waals surface area contributed by atoms with Crippen LogP contribution in [-0.4, -0.2) is 19.0 Å². The zero-order valence-electron chi connectivity index (χ0n) is 9.20. The first-order chi connectivity index (χ1) is 5.99. The third kappa shape index (κ3) is 4.83. The fourth-order valence-electron chi connectivity index (χ4n) is 1.08. The maximum absolute atomic E-state index is 10.7. The molecule has 0 saturated heterocycles. The fourth-order valence-corrected chi connectivity index (χ4v) is 1.08. The fraction of sp³-hybridized carbons (Fsp3) is 0.727. The molecule has 0 saturated carbocycles. The van der Waals surface area contributed by atoms with Crippen molar-refractivity contribution >= 4 is 5.78 Å². The SMILES string of the molecule is COC(C=CC(C)=O)C(C)C(C)C.